The maximum atomic E-state index is 13.0. The number of nitrogens with one attached hydrogen (secondary N) is 1. The molecule has 1 aromatic heterocycles. The van der Waals surface area contributed by atoms with Crippen LogP contribution >= 0.6 is 11.3 Å². The van der Waals surface area contributed by atoms with Crippen molar-refractivity contribution >= 4 is 21.4 Å². The molecule has 0 aliphatic heterocycles. The zero-order valence-corrected chi connectivity index (χ0v) is 16.4. The van der Waals surface area contributed by atoms with Gasteiger partial charge < -0.3 is 4.74 Å². The molecule has 0 spiro atoms. The fourth-order valence-corrected chi connectivity index (χ4v) is 5.90. The van der Waals surface area contributed by atoms with Crippen LogP contribution in [0, 0.1) is 6.92 Å². The summed E-state index contributed by atoms with van der Waals surface area (Å²) in [5.74, 6) is 0.414. The molecular formula is C19H25NO3S2. The van der Waals surface area contributed by atoms with Crippen molar-refractivity contribution in [2.75, 3.05) is 13.2 Å². The normalized spacial score (nSPS) is 16.9. The van der Waals surface area contributed by atoms with Crippen LogP contribution in [-0.4, -0.2) is 21.6 Å². The van der Waals surface area contributed by atoms with E-state index in [9.17, 15) is 8.42 Å². The lowest BCUT2D eigenvalue weighted by atomic mass is 9.85. The van der Waals surface area contributed by atoms with E-state index in [4.69, 9.17) is 4.74 Å². The molecule has 0 unspecified atom stereocenters. The molecule has 4 nitrogen and oxygen atoms in total. The van der Waals surface area contributed by atoms with E-state index in [0.29, 0.717) is 18.9 Å². The van der Waals surface area contributed by atoms with Crippen LogP contribution < -0.4 is 9.46 Å². The molecular weight excluding hydrogens is 354 g/mol. The lowest BCUT2D eigenvalue weighted by Crippen LogP contribution is -2.38. The van der Waals surface area contributed by atoms with E-state index >= 15 is 0 Å². The summed E-state index contributed by atoms with van der Waals surface area (Å²) >= 11 is 1.72. The summed E-state index contributed by atoms with van der Waals surface area (Å²) in [6.07, 6.45) is 4.35. The number of ether oxygens (including phenoxy) is 1. The summed E-state index contributed by atoms with van der Waals surface area (Å²) in [6, 6.07) is 9.46. The first kappa shape index (κ1) is 18.4. The second kappa shape index (κ2) is 7.48. The maximum Gasteiger partial charge on any atom is 0.244 e. The van der Waals surface area contributed by atoms with Crippen molar-refractivity contribution in [3.05, 3.63) is 46.2 Å². The van der Waals surface area contributed by atoms with Gasteiger partial charge in [0.25, 0.3) is 0 Å². The average Bonchev–Trinajstić information content (AvgIpc) is 3.27. The van der Waals surface area contributed by atoms with Gasteiger partial charge in [-0.05, 0) is 55.8 Å². The first-order chi connectivity index (χ1) is 12.0. The summed E-state index contributed by atoms with van der Waals surface area (Å²) in [5, 5.41) is 2.07. The summed E-state index contributed by atoms with van der Waals surface area (Å²) in [5.41, 5.74) is 0.828. The van der Waals surface area contributed by atoms with Gasteiger partial charge in [0.2, 0.25) is 10.0 Å². The standard InChI is InChI=1S/C19H25NO3S2/c1-3-23-16-9-8-15(2)13-17(16)25(21,22)20-14-19(10-4-5-11-19)18-7-6-12-24-18/h6-9,12-13,20H,3-5,10-11,14H2,1-2H3. The van der Waals surface area contributed by atoms with Gasteiger partial charge >= 0.3 is 0 Å². The zero-order chi connectivity index (χ0) is 17.9. The fraction of sp³-hybridized carbons (Fsp3) is 0.474. The smallest absolute Gasteiger partial charge is 0.244 e. The molecule has 1 N–H and O–H groups in total. The number of hydrogen-bond donors (Lipinski definition) is 1. The Balaban J connectivity index is 1.86. The minimum Gasteiger partial charge on any atom is -0.492 e. The van der Waals surface area contributed by atoms with Crippen LogP contribution in [-0.2, 0) is 15.4 Å². The van der Waals surface area contributed by atoms with E-state index in [-0.39, 0.29) is 10.3 Å². The Labute approximate surface area is 154 Å². The van der Waals surface area contributed by atoms with Crippen molar-refractivity contribution < 1.29 is 13.2 Å². The van der Waals surface area contributed by atoms with Crippen molar-refractivity contribution in [2.24, 2.45) is 0 Å². The number of thiophene rings is 1. The van der Waals surface area contributed by atoms with Crippen LogP contribution in [0.2, 0.25) is 0 Å². The molecule has 2 aromatic rings. The van der Waals surface area contributed by atoms with Crippen LogP contribution in [0.25, 0.3) is 0 Å². The molecule has 3 rings (SSSR count). The van der Waals surface area contributed by atoms with Gasteiger partial charge in [0.05, 0.1) is 6.61 Å². The summed E-state index contributed by atoms with van der Waals surface area (Å²) in [6.45, 7) is 4.62. The Bertz CT molecular complexity index is 807. The molecule has 1 heterocycles. The molecule has 1 aliphatic rings. The van der Waals surface area contributed by atoms with Gasteiger partial charge in [-0.3, -0.25) is 0 Å². The largest absolute Gasteiger partial charge is 0.492 e. The topological polar surface area (TPSA) is 55.4 Å². The second-order valence-electron chi connectivity index (χ2n) is 6.67. The lowest BCUT2D eigenvalue weighted by molar-refractivity contribution is 0.330. The highest BCUT2D eigenvalue weighted by atomic mass is 32.2. The van der Waals surface area contributed by atoms with Crippen LogP contribution in [0.3, 0.4) is 0 Å². The van der Waals surface area contributed by atoms with Gasteiger partial charge in [0.15, 0.2) is 0 Å². The molecule has 0 saturated heterocycles. The van der Waals surface area contributed by atoms with Crippen molar-refractivity contribution in [1.82, 2.24) is 4.72 Å². The predicted octanol–water partition coefficient (Wildman–Crippen LogP) is 4.25. The highest BCUT2D eigenvalue weighted by Crippen LogP contribution is 2.43. The zero-order valence-electron chi connectivity index (χ0n) is 14.7. The van der Waals surface area contributed by atoms with Crippen LogP contribution in [0.1, 0.15) is 43.0 Å². The first-order valence-electron chi connectivity index (χ1n) is 8.74. The number of hydrogen-bond acceptors (Lipinski definition) is 4. The molecule has 0 radical (unpaired) electrons. The van der Waals surface area contributed by atoms with E-state index in [2.05, 4.69) is 16.2 Å². The third-order valence-corrected chi connectivity index (χ3v) is 7.43. The van der Waals surface area contributed by atoms with Gasteiger partial charge in [0, 0.05) is 16.8 Å². The number of benzene rings is 1. The Morgan fingerprint density at radius 2 is 2.00 bits per heavy atom. The molecule has 1 aliphatic carbocycles. The lowest BCUT2D eigenvalue weighted by Gasteiger charge is -2.28. The van der Waals surface area contributed by atoms with Crippen LogP contribution in [0.5, 0.6) is 5.75 Å². The molecule has 0 atom stereocenters. The fourth-order valence-electron chi connectivity index (χ4n) is 3.55. The molecule has 6 heteroatoms. The van der Waals surface area contributed by atoms with E-state index in [0.717, 1.165) is 31.2 Å². The quantitative estimate of drug-likeness (QED) is 0.783. The highest BCUT2D eigenvalue weighted by molar-refractivity contribution is 7.89. The molecule has 0 amide bonds. The number of aryl methyl sites for hydroxylation is 1. The highest BCUT2D eigenvalue weighted by Gasteiger charge is 2.37. The molecule has 25 heavy (non-hydrogen) atoms. The Morgan fingerprint density at radius 3 is 2.64 bits per heavy atom. The number of rotatable bonds is 7. The van der Waals surface area contributed by atoms with Gasteiger partial charge in [-0.15, -0.1) is 11.3 Å². The van der Waals surface area contributed by atoms with Gasteiger partial charge in [-0.2, -0.15) is 0 Å². The van der Waals surface area contributed by atoms with E-state index in [1.54, 1.807) is 23.5 Å². The van der Waals surface area contributed by atoms with E-state index in [1.807, 2.05) is 26.0 Å². The van der Waals surface area contributed by atoms with Gasteiger partial charge in [-0.25, -0.2) is 13.1 Å². The Kier molecular flexibility index (Phi) is 5.51. The first-order valence-corrected chi connectivity index (χ1v) is 11.1. The Morgan fingerprint density at radius 1 is 1.24 bits per heavy atom. The van der Waals surface area contributed by atoms with Crippen molar-refractivity contribution in [3.8, 4) is 5.75 Å². The average molecular weight is 380 g/mol. The molecule has 136 valence electrons. The van der Waals surface area contributed by atoms with Gasteiger partial charge in [0.1, 0.15) is 10.6 Å². The molecule has 1 fully saturated rings. The summed E-state index contributed by atoms with van der Waals surface area (Å²) in [7, 11) is -3.62. The SMILES string of the molecule is CCOc1ccc(C)cc1S(=O)(=O)NCC1(c2cccs2)CCCC1. The second-order valence-corrected chi connectivity index (χ2v) is 9.36. The van der Waals surface area contributed by atoms with Crippen molar-refractivity contribution in [1.29, 1.82) is 0 Å². The van der Waals surface area contributed by atoms with Crippen LogP contribution in [0.15, 0.2) is 40.6 Å². The molecule has 1 saturated carbocycles. The van der Waals surface area contributed by atoms with Gasteiger partial charge in [-0.1, -0.05) is 25.0 Å². The summed E-state index contributed by atoms with van der Waals surface area (Å²) in [4.78, 5) is 1.51. The van der Waals surface area contributed by atoms with Crippen molar-refractivity contribution in [3.63, 3.8) is 0 Å². The van der Waals surface area contributed by atoms with Crippen LogP contribution in [0.4, 0.5) is 0 Å². The Hall–Kier alpha value is -1.37. The molecule has 1 aromatic carbocycles. The maximum absolute atomic E-state index is 13.0. The minimum absolute atomic E-state index is 0.0726. The monoisotopic (exact) mass is 379 g/mol. The third kappa shape index (κ3) is 3.91. The summed E-state index contributed by atoms with van der Waals surface area (Å²) < 4.78 is 34.3. The number of sulfonamides is 1. The molecule has 0 bridgehead atoms. The van der Waals surface area contributed by atoms with E-state index in [1.165, 1.54) is 4.88 Å². The van der Waals surface area contributed by atoms with E-state index < -0.39 is 10.0 Å². The third-order valence-electron chi connectivity index (χ3n) is 4.89. The minimum atomic E-state index is -3.62. The van der Waals surface area contributed by atoms with Crippen molar-refractivity contribution in [2.45, 2.75) is 49.8 Å². The predicted molar refractivity (Wildman–Crippen MR) is 102 cm³/mol.